The maximum absolute atomic E-state index is 11.2. The summed E-state index contributed by atoms with van der Waals surface area (Å²) < 4.78 is 12.8. The van der Waals surface area contributed by atoms with Crippen LogP contribution >= 0.6 is 0 Å². The molecule has 7 nitrogen and oxygen atoms in total. The molecule has 2 fully saturated rings. The van der Waals surface area contributed by atoms with Crippen molar-refractivity contribution in [1.29, 1.82) is 0 Å². The number of nitrogens with two attached hydrogens (primary N) is 1. The average molecular weight is 490 g/mol. The van der Waals surface area contributed by atoms with Crippen molar-refractivity contribution in [1.82, 2.24) is 9.88 Å². The lowest BCUT2D eigenvalue weighted by Gasteiger charge is -2.56. The van der Waals surface area contributed by atoms with Gasteiger partial charge in [0.15, 0.2) is 5.58 Å². The van der Waals surface area contributed by atoms with Gasteiger partial charge in [0.1, 0.15) is 11.6 Å². The summed E-state index contributed by atoms with van der Waals surface area (Å²) in [5.41, 5.74) is 12.2. The van der Waals surface area contributed by atoms with Gasteiger partial charge in [0.2, 0.25) is 0 Å². The van der Waals surface area contributed by atoms with Crippen LogP contribution in [0.2, 0.25) is 0 Å². The first-order valence-electron chi connectivity index (χ1n) is 13.1. The van der Waals surface area contributed by atoms with E-state index in [1.807, 2.05) is 25.1 Å². The first-order valence-corrected chi connectivity index (χ1v) is 13.1. The Morgan fingerprint density at radius 3 is 2.78 bits per heavy atom. The lowest BCUT2D eigenvalue weighted by Crippen LogP contribution is -2.62. The predicted octanol–water partition coefficient (Wildman–Crippen LogP) is 3.82. The van der Waals surface area contributed by atoms with Gasteiger partial charge in [-0.05, 0) is 87.5 Å². The van der Waals surface area contributed by atoms with E-state index in [-0.39, 0.29) is 23.1 Å². The molecular weight excluding hydrogens is 454 g/mol. The fourth-order valence-electron chi connectivity index (χ4n) is 8.56. The number of fused-ring (bicyclic) bond motifs is 2. The molecule has 5 aliphatic rings. The van der Waals surface area contributed by atoms with Crippen molar-refractivity contribution in [2.24, 2.45) is 11.3 Å². The minimum absolute atomic E-state index is 0.0822. The average Bonchev–Trinajstić information content (AvgIpc) is 3.46. The van der Waals surface area contributed by atoms with Crippen molar-refractivity contribution in [2.45, 2.75) is 75.4 Å². The maximum Gasteiger partial charge on any atom is 0.292 e. The first kappa shape index (κ1) is 22.7. The molecule has 1 aromatic carbocycles. The molecule has 1 saturated heterocycles. The molecule has 2 aromatic rings. The monoisotopic (exact) mass is 489 g/mol. The zero-order valence-electron chi connectivity index (χ0n) is 21.4. The number of allylic oxidation sites excluding steroid dienone is 3. The van der Waals surface area contributed by atoms with E-state index >= 15 is 0 Å². The van der Waals surface area contributed by atoms with Gasteiger partial charge in [-0.25, -0.2) is 0 Å². The van der Waals surface area contributed by atoms with Gasteiger partial charge >= 0.3 is 0 Å². The molecule has 2 spiro atoms. The van der Waals surface area contributed by atoms with Crippen molar-refractivity contribution in [2.75, 3.05) is 19.8 Å². The van der Waals surface area contributed by atoms with Crippen LogP contribution in [0, 0.1) is 11.3 Å². The number of oxazole rings is 1. The lowest BCUT2D eigenvalue weighted by atomic mass is 9.56. The van der Waals surface area contributed by atoms with E-state index in [1.165, 1.54) is 16.7 Å². The number of nitrogen functional groups attached to an aromatic ring is 1. The first-order chi connectivity index (χ1) is 17.1. The molecule has 3 aliphatic carbocycles. The number of benzene rings is 1. The number of hydrogen-bond donors (Lipinski definition) is 3. The van der Waals surface area contributed by atoms with E-state index in [1.54, 1.807) is 0 Å². The van der Waals surface area contributed by atoms with Gasteiger partial charge in [-0.2, -0.15) is 4.98 Å². The third kappa shape index (κ3) is 2.69. The predicted molar refractivity (Wildman–Crippen MR) is 138 cm³/mol. The highest BCUT2D eigenvalue weighted by molar-refractivity contribution is 5.83. The van der Waals surface area contributed by atoms with E-state index in [9.17, 15) is 10.2 Å². The van der Waals surface area contributed by atoms with Gasteiger partial charge < -0.3 is 30.0 Å². The van der Waals surface area contributed by atoms with Crippen molar-refractivity contribution in [3.8, 4) is 0 Å². The normalized spacial score (nSPS) is 41.3. The van der Waals surface area contributed by atoms with Crippen LogP contribution in [0.3, 0.4) is 0 Å². The number of aromatic nitrogens is 1. The number of aliphatic hydroxyl groups is 2. The number of aliphatic hydroxyl groups excluding tert-OH is 2. The zero-order chi connectivity index (χ0) is 25.2. The molecule has 1 saturated carbocycles. The number of anilines is 1. The van der Waals surface area contributed by atoms with Gasteiger partial charge in [-0.1, -0.05) is 30.7 Å². The minimum atomic E-state index is -0.908. The number of ether oxygens (including phenoxy) is 1. The van der Waals surface area contributed by atoms with E-state index in [2.05, 4.69) is 43.1 Å². The standard InChI is InChI=1S/C29H35N3O4/c1-15-13-27(2)17(16-5-7-22-20(11-16)31-26(30)35-22)6-8-23(27)29-10-9-28(36-29)14-21(32(3)4)25(34)24(33)19(28)12-18(15)29/h5-7,11-12,21,23-25,33-34H,8-10,13-14H2,1-4H3,(H2,30,31). The Balaban J connectivity index is 1.33. The lowest BCUT2D eigenvalue weighted by molar-refractivity contribution is -0.162. The fourth-order valence-corrected chi connectivity index (χ4v) is 8.56. The Bertz CT molecular complexity index is 1390. The Labute approximate surface area is 211 Å². The smallest absolute Gasteiger partial charge is 0.292 e. The summed E-state index contributed by atoms with van der Waals surface area (Å²) in [4.78, 5) is 6.39. The van der Waals surface area contributed by atoms with E-state index in [0.717, 1.165) is 42.3 Å². The van der Waals surface area contributed by atoms with Crippen LogP contribution in [0.5, 0.6) is 0 Å². The Hall–Kier alpha value is -2.45. The summed E-state index contributed by atoms with van der Waals surface area (Å²) in [6.45, 7) is 4.61. The summed E-state index contributed by atoms with van der Waals surface area (Å²) in [6, 6.07) is 6.23. The molecule has 7 unspecified atom stereocenters. The van der Waals surface area contributed by atoms with Gasteiger partial charge in [-0.15, -0.1) is 0 Å². The van der Waals surface area contributed by atoms with E-state index in [0.29, 0.717) is 17.9 Å². The SMILES string of the molecule is CC1=C2C=C3C(O)C(O)C(N(C)C)CC34CCC2(O4)C2CC=C(c3ccc4oc(N)nc4c3)C2(C)C1. The van der Waals surface area contributed by atoms with Crippen molar-refractivity contribution >= 4 is 22.7 Å². The third-order valence-electron chi connectivity index (χ3n) is 10.1. The molecule has 7 atom stereocenters. The second-order valence-electron chi connectivity index (χ2n) is 12.2. The summed E-state index contributed by atoms with van der Waals surface area (Å²) >= 11 is 0. The number of nitrogens with zero attached hydrogens (tertiary/aromatic N) is 2. The molecule has 7 rings (SSSR count). The maximum atomic E-state index is 11.2. The summed E-state index contributed by atoms with van der Waals surface area (Å²) in [5, 5.41) is 22.1. The number of likely N-dealkylation sites (N-methyl/N-ethyl adjacent to an activating group) is 1. The van der Waals surface area contributed by atoms with Crippen LogP contribution in [0.25, 0.3) is 16.7 Å². The second-order valence-corrected chi connectivity index (χ2v) is 12.2. The number of rotatable bonds is 2. The quantitative estimate of drug-likeness (QED) is 0.589. The molecule has 1 aromatic heterocycles. The summed E-state index contributed by atoms with van der Waals surface area (Å²) in [7, 11) is 3.94. The van der Waals surface area contributed by atoms with Gasteiger partial charge in [-0.3, -0.25) is 0 Å². The Morgan fingerprint density at radius 2 is 2.00 bits per heavy atom. The molecule has 0 amide bonds. The van der Waals surface area contributed by atoms with Crippen LogP contribution in [0.1, 0.15) is 51.5 Å². The van der Waals surface area contributed by atoms with Crippen molar-refractivity contribution < 1.29 is 19.4 Å². The Kier molecular flexibility index (Phi) is 4.48. The molecule has 2 aliphatic heterocycles. The highest BCUT2D eigenvalue weighted by Crippen LogP contribution is 2.69. The van der Waals surface area contributed by atoms with Crippen molar-refractivity contribution in [3.63, 3.8) is 0 Å². The van der Waals surface area contributed by atoms with E-state index < -0.39 is 17.8 Å². The summed E-state index contributed by atoms with van der Waals surface area (Å²) in [5.74, 6) is 0.302. The van der Waals surface area contributed by atoms with Crippen LogP contribution in [0.4, 0.5) is 6.01 Å². The van der Waals surface area contributed by atoms with Crippen LogP contribution in [-0.2, 0) is 4.74 Å². The van der Waals surface area contributed by atoms with Crippen molar-refractivity contribution in [3.05, 3.63) is 52.6 Å². The highest BCUT2D eigenvalue weighted by Gasteiger charge is 2.68. The number of hydrogen-bond acceptors (Lipinski definition) is 7. The van der Waals surface area contributed by atoms with Crippen LogP contribution in [-0.4, -0.2) is 63.6 Å². The highest BCUT2D eigenvalue weighted by atomic mass is 16.5. The van der Waals surface area contributed by atoms with Gasteiger partial charge in [0.25, 0.3) is 6.01 Å². The molecule has 3 heterocycles. The molecule has 4 N–H and O–H groups in total. The third-order valence-corrected chi connectivity index (χ3v) is 10.1. The molecule has 190 valence electrons. The fraction of sp³-hybridized carbons (Fsp3) is 0.552. The second kappa shape index (κ2) is 7.10. The molecule has 7 heteroatoms. The minimum Gasteiger partial charge on any atom is -0.424 e. The molecule has 36 heavy (non-hydrogen) atoms. The topological polar surface area (TPSA) is 105 Å². The van der Waals surface area contributed by atoms with Crippen LogP contribution in [0.15, 0.2) is 51.5 Å². The molecule has 2 bridgehead atoms. The largest absolute Gasteiger partial charge is 0.424 e. The zero-order valence-corrected chi connectivity index (χ0v) is 21.4. The molecule has 0 radical (unpaired) electrons. The summed E-state index contributed by atoms with van der Waals surface area (Å²) in [6.07, 6.45) is 7.27. The Morgan fingerprint density at radius 1 is 1.19 bits per heavy atom. The molecular formula is C29H35N3O4. The van der Waals surface area contributed by atoms with Crippen LogP contribution < -0.4 is 5.73 Å². The van der Waals surface area contributed by atoms with Gasteiger partial charge in [0, 0.05) is 17.4 Å². The van der Waals surface area contributed by atoms with Gasteiger partial charge in [0.05, 0.1) is 17.3 Å². The van der Waals surface area contributed by atoms with E-state index in [4.69, 9.17) is 14.9 Å².